The number of anilines is 2. The van der Waals surface area contributed by atoms with E-state index in [0.717, 1.165) is 16.3 Å². The molecule has 2 N–H and O–H groups in total. The first-order chi connectivity index (χ1) is 14.5. The van der Waals surface area contributed by atoms with Crippen LogP contribution in [0.2, 0.25) is 5.02 Å². The van der Waals surface area contributed by atoms with Crippen molar-refractivity contribution in [3.63, 3.8) is 0 Å². The second-order valence-corrected chi connectivity index (χ2v) is 7.40. The topological polar surface area (TPSA) is 58.2 Å². The summed E-state index contributed by atoms with van der Waals surface area (Å²) in [7, 11) is 0. The molecule has 0 aromatic heterocycles. The first-order valence-corrected chi connectivity index (χ1v) is 9.86. The number of hydrogen-bond acceptors (Lipinski definition) is 2. The highest BCUT2D eigenvalue weighted by molar-refractivity contribution is 6.36. The maximum absolute atomic E-state index is 12.8. The van der Waals surface area contributed by atoms with Gasteiger partial charge < -0.3 is 10.6 Å². The van der Waals surface area contributed by atoms with Gasteiger partial charge in [0.05, 0.1) is 0 Å². The van der Waals surface area contributed by atoms with Gasteiger partial charge in [-0.05, 0) is 60.8 Å². The first kappa shape index (κ1) is 19.7. The van der Waals surface area contributed by atoms with E-state index in [-0.39, 0.29) is 11.8 Å². The molecule has 2 amide bonds. The number of amides is 2. The molecule has 0 atom stereocenters. The van der Waals surface area contributed by atoms with Gasteiger partial charge in [-0.3, -0.25) is 9.59 Å². The van der Waals surface area contributed by atoms with Gasteiger partial charge in [-0.15, -0.1) is 0 Å². The molecule has 30 heavy (non-hydrogen) atoms. The van der Waals surface area contributed by atoms with Crippen LogP contribution in [0.5, 0.6) is 0 Å². The number of carbonyl (C=O) groups is 2. The minimum atomic E-state index is -0.223. The molecule has 0 heterocycles. The van der Waals surface area contributed by atoms with E-state index in [1.807, 2.05) is 49.4 Å². The second-order valence-electron chi connectivity index (χ2n) is 7.00. The predicted molar refractivity (Wildman–Crippen MR) is 122 cm³/mol. The molecule has 0 unspecified atom stereocenters. The maximum Gasteiger partial charge on any atom is 0.256 e. The van der Waals surface area contributed by atoms with Crippen LogP contribution in [0.25, 0.3) is 10.8 Å². The highest BCUT2D eigenvalue weighted by Crippen LogP contribution is 2.26. The Hall–Kier alpha value is -3.63. The number of carbonyl (C=O) groups excluding carboxylic acids is 2. The Balaban J connectivity index is 1.48. The van der Waals surface area contributed by atoms with Gasteiger partial charge >= 0.3 is 0 Å². The fourth-order valence-corrected chi connectivity index (χ4v) is 3.53. The van der Waals surface area contributed by atoms with E-state index in [1.54, 1.807) is 42.5 Å². The van der Waals surface area contributed by atoms with Crippen molar-refractivity contribution in [3.05, 3.63) is 107 Å². The minimum absolute atomic E-state index is 0.178. The SMILES string of the molecule is Cc1cccc(C(=O)Nc2ccc(NC(=O)c3cccc4c(Cl)cccc34)cc2)c1. The third kappa shape index (κ3) is 4.19. The summed E-state index contributed by atoms with van der Waals surface area (Å²) < 4.78 is 0. The molecule has 0 aliphatic heterocycles. The van der Waals surface area contributed by atoms with Gasteiger partial charge in [0.1, 0.15) is 0 Å². The Kier molecular flexibility index (Phi) is 5.50. The van der Waals surface area contributed by atoms with E-state index in [4.69, 9.17) is 11.6 Å². The Morgan fingerprint density at radius 3 is 2.00 bits per heavy atom. The van der Waals surface area contributed by atoms with Crippen LogP contribution in [0.15, 0.2) is 84.9 Å². The monoisotopic (exact) mass is 414 g/mol. The van der Waals surface area contributed by atoms with Crippen molar-refractivity contribution in [1.82, 2.24) is 0 Å². The molecule has 0 fully saturated rings. The first-order valence-electron chi connectivity index (χ1n) is 9.48. The molecule has 4 rings (SSSR count). The summed E-state index contributed by atoms with van der Waals surface area (Å²) in [6.07, 6.45) is 0. The summed E-state index contributed by atoms with van der Waals surface area (Å²) in [6.45, 7) is 1.94. The van der Waals surface area contributed by atoms with E-state index in [2.05, 4.69) is 10.6 Å². The van der Waals surface area contributed by atoms with Crippen LogP contribution in [0.1, 0.15) is 26.3 Å². The summed E-state index contributed by atoms with van der Waals surface area (Å²) in [4.78, 5) is 25.2. The summed E-state index contributed by atoms with van der Waals surface area (Å²) in [5.41, 5.74) is 3.45. The highest BCUT2D eigenvalue weighted by Gasteiger charge is 2.12. The largest absolute Gasteiger partial charge is 0.322 e. The van der Waals surface area contributed by atoms with E-state index in [9.17, 15) is 9.59 Å². The molecule has 0 radical (unpaired) electrons. The lowest BCUT2D eigenvalue weighted by Crippen LogP contribution is -2.13. The van der Waals surface area contributed by atoms with Crippen molar-refractivity contribution in [1.29, 1.82) is 0 Å². The normalized spacial score (nSPS) is 10.6. The van der Waals surface area contributed by atoms with E-state index < -0.39 is 0 Å². The van der Waals surface area contributed by atoms with Crippen LogP contribution < -0.4 is 10.6 Å². The molecule has 4 nitrogen and oxygen atoms in total. The van der Waals surface area contributed by atoms with Gasteiger partial charge in [0.25, 0.3) is 11.8 Å². The summed E-state index contributed by atoms with van der Waals surface area (Å²) in [5.74, 6) is -0.400. The predicted octanol–water partition coefficient (Wildman–Crippen LogP) is 6.31. The maximum atomic E-state index is 12.8. The van der Waals surface area contributed by atoms with E-state index >= 15 is 0 Å². The van der Waals surface area contributed by atoms with Crippen LogP contribution in [0, 0.1) is 6.92 Å². The number of rotatable bonds is 4. The zero-order valence-electron chi connectivity index (χ0n) is 16.3. The number of aryl methyl sites for hydroxylation is 1. The standard InChI is InChI=1S/C25H19ClN2O2/c1-16-5-2-6-17(15-16)24(29)27-18-11-13-19(14-12-18)28-25(30)22-9-3-8-21-20(22)7-4-10-23(21)26/h2-15H,1H3,(H,27,29)(H,28,30). The number of fused-ring (bicyclic) bond motifs is 1. The number of nitrogens with one attached hydrogen (secondary N) is 2. The number of halogens is 1. The summed E-state index contributed by atoms with van der Waals surface area (Å²) in [6, 6.07) is 25.4. The number of hydrogen-bond donors (Lipinski definition) is 2. The third-order valence-corrected chi connectivity index (χ3v) is 5.12. The highest BCUT2D eigenvalue weighted by atomic mass is 35.5. The van der Waals surface area contributed by atoms with E-state index in [1.165, 1.54) is 0 Å². The van der Waals surface area contributed by atoms with Gasteiger partial charge in [-0.1, -0.05) is 53.6 Å². The molecule has 0 aliphatic rings. The van der Waals surface area contributed by atoms with Crippen LogP contribution in [-0.4, -0.2) is 11.8 Å². The zero-order valence-corrected chi connectivity index (χ0v) is 17.0. The molecular formula is C25H19ClN2O2. The Bertz CT molecular complexity index is 1250. The van der Waals surface area contributed by atoms with Gasteiger partial charge in [-0.25, -0.2) is 0 Å². The van der Waals surface area contributed by atoms with Gasteiger partial charge in [0, 0.05) is 32.9 Å². The molecule has 4 aromatic rings. The van der Waals surface area contributed by atoms with Crippen LogP contribution in [0.4, 0.5) is 11.4 Å². The van der Waals surface area contributed by atoms with Crippen molar-refractivity contribution >= 4 is 45.6 Å². The molecule has 148 valence electrons. The molecule has 0 spiro atoms. The lowest BCUT2D eigenvalue weighted by molar-refractivity contribution is 0.101. The van der Waals surface area contributed by atoms with Gasteiger partial charge in [0.15, 0.2) is 0 Å². The molecule has 5 heteroatoms. The van der Waals surface area contributed by atoms with Crippen molar-refractivity contribution < 1.29 is 9.59 Å². The van der Waals surface area contributed by atoms with Gasteiger partial charge in [-0.2, -0.15) is 0 Å². The Morgan fingerprint density at radius 1 is 0.700 bits per heavy atom. The zero-order chi connectivity index (χ0) is 21.1. The number of benzene rings is 4. The lowest BCUT2D eigenvalue weighted by Gasteiger charge is -2.10. The average molecular weight is 415 g/mol. The molecule has 4 aromatic carbocycles. The molecule has 0 saturated carbocycles. The van der Waals surface area contributed by atoms with Crippen molar-refractivity contribution in [2.24, 2.45) is 0 Å². The van der Waals surface area contributed by atoms with E-state index in [0.29, 0.717) is 27.5 Å². The lowest BCUT2D eigenvalue weighted by atomic mass is 10.0. The quantitative estimate of drug-likeness (QED) is 0.411. The average Bonchev–Trinajstić information content (AvgIpc) is 2.75. The molecule has 0 bridgehead atoms. The summed E-state index contributed by atoms with van der Waals surface area (Å²) >= 11 is 6.24. The van der Waals surface area contributed by atoms with Crippen molar-refractivity contribution in [2.75, 3.05) is 10.6 Å². The molecule has 0 saturated heterocycles. The second kappa shape index (κ2) is 8.39. The van der Waals surface area contributed by atoms with Crippen molar-refractivity contribution in [3.8, 4) is 0 Å². The fourth-order valence-electron chi connectivity index (χ4n) is 3.29. The fraction of sp³-hybridized carbons (Fsp3) is 0.0400. The summed E-state index contributed by atoms with van der Waals surface area (Å²) in [5, 5.41) is 7.99. The minimum Gasteiger partial charge on any atom is -0.322 e. The smallest absolute Gasteiger partial charge is 0.256 e. The molecule has 0 aliphatic carbocycles. The van der Waals surface area contributed by atoms with Crippen molar-refractivity contribution in [2.45, 2.75) is 6.92 Å². The van der Waals surface area contributed by atoms with Crippen LogP contribution in [-0.2, 0) is 0 Å². The Labute approximate surface area is 179 Å². The van der Waals surface area contributed by atoms with Crippen LogP contribution in [0.3, 0.4) is 0 Å². The van der Waals surface area contributed by atoms with Gasteiger partial charge in [0.2, 0.25) is 0 Å². The van der Waals surface area contributed by atoms with Crippen LogP contribution >= 0.6 is 11.6 Å². The Morgan fingerprint density at radius 2 is 1.30 bits per heavy atom. The third-order valence-electron chi connectivity index (χ3n) is 4.79. The molecular weight excluding hydrogens is 396 g/mol.